The monoisotopic (exact) mass is 465 g/mol. The van der Waals surface area contributed by atoms with Gasteiger partial charge in [-0.05, 0) is 48.0 Å². The van der Waals surface area contributed by atoms with Crippen molar-refractivity contribution in [3.63, 3.8) is 0 Å². The van der Waals surface area contributed by atoms with E-state index < -0.39 is 0 Å². The number of aromatic nitrogens is 3. The molecule has 1 fully saturated rings. The van der Waals surface area contributed by atoms with Crippen molar-refractivity contribution in [2.45, 2.75) is 6.42 Å². The van der Waals surface area contributed by atoms with Gasteiger partial charge in [-0.25, -0.2) is 15.0 Å². The highest BCUT2D eigenvalue weighted by Gasteiger charge is 2.17. The number of nitrogens with zero attached hydrogens (tertiary/aromatic N) is 4. The van der Waals surface area contributed by atoms with Crippen LogP contribution in [-0.4, -0.2) is 65.2 Å². The van der Waals surface area contributed by atoms with Crippen LogP contribution in [0.25, 0.3) is 32.3 Å². The summed E-state index contributed by atoms with van der Waals surface area (Å²) in [6.07, 6.45) is 0.895. The van der Waals surface area contributed by atoms with Crippen molar-refractivity contribution >= 4 is 39.7 Å². The van der Waals surface area contributed by atoms with Crippen molar-refractivity contribution in [2.24, 2.45) is 0 Å². The number of amides is 1. The second kappa shape index (κ2) is 9.83. The van der Waals surface area contributed by atoms with Gasteiger partial charge in [0.05, 0.1) is 23.0 Å². The molecule has 9 heteroatoms. The quantitative estimate of drug-likeness (QED) is 0.417. The first-order chi connectivity index (χ1) is 15.8. The van der Waals surface area contributed by atoms with Crippen molar-refractivity contribution in [1.82, 2.24) is 25.2 Å². The third-order valence-corrected chi connectivity index (χ3v) is 7.06. The zero-order chi connectivity index (χ0) is 21.8. The van der Waals surface area contributed by atoms with Crippen molar-refractivity contribution in [2.75, 3.05) is 39.4 Å². The van der Waals surface area contributed by atoms with E-state index in [2.05, 4.69) is 15.2 Å². The van der Waals surface area contributed by atoms with Gasteiger partial charge in [0.2, 0.25) is 0 Å². The van der Waals surface area contributed by atoms with Crippen molar-refractivity contribution in [1.29, 1.82) is 0 Å². The molecule has 0 unspecified atom stereocenters. The Balaban J connectivity index is 1.34. The molecule has 164 valence electrons. The third-order valence-electron chi connectivity index (χ3n) is 5.31. The predicted octanol–water partition coefficient (Wildman–Crippen LogP) is 3.93. The third kappa shape index (κ3) is 4.71. The van der Waals surface area contributed by atoms with Crippen LogP contribution < -0.4 is 5.32 Å². The molecule has 1 amide bonds. The van der Waals surface area contributed by atoms with E-state index in [-0.39, 0.29) is 5.91 Å². The van der Waals surface area contributed by atoms with Gasteiger partial charge >= 0.3 is 0 Å². The highest BCUT2D eigenvalue weighted by Crippen LogP contribution is 2.35. The predicted molar refractivity (Wildman–Crippen MR) is 128 cm³/mol. The number of fused-ring (bicyclic) bond motifs is 1. The first-order valence-electron chi connectivity index (χ1n) is 10.6. The van der Waals surface area contributed by atoms with Gasteiger partial charge in [0, 0.05) is 19.6 Å². The molecule has 4 aromatic heterocycles. The second-order valence-electron chi connectivity index (χ2n) is 7.48. The minimum atomic E-state index is -0.185. The van der Waals surface area contributed by atoms with Crippen LogP contribution in [0.1, 0.15) is 16.9 Å². The minimum absolute atomic E-state index is 0.185. The fraction of sp³-hybridized carbons (Fsp3) is 0.304. The van der Waals surface area contributed by atoms with Gasteiger partial charge in [-0.15, -0.1) is 22.7 Å². The van der Waals surface area contributed by atoms with Gasteiger partial charge in [0.1, 0.15) is 22.6 Å². The Kier molecular flexibility index (Phi) is 6.49. The van der Waals surface area contributed by atoms with E-state index in [1.807, 2.05) is 41.1 Å². The smallest absolute Gasteiger partial charge is 0.269 e. The summed E-state index contributed by atoms with van der Waals surface area (Å²) in [4.78, 5) is 31.3. The maximum Gasteiger partial charge on any atom is 0.269 e. The Morgan fingerprint density at radius 1 is 0.969 bits per heavy atom. The number of morpholine rings is 1. The largest absolute Gasteiger partial charge is 0.379 e. The van der Waals surface area contributed by atoms with Gasteiger partial charge in [-0.1, -0.05) is 12.1 Å². The summed E-state index contributed by atoms with van der Waals surface area (Å²) in [7, 11) is 0. The number of pyridine rings is 1. The van der Waals surface area contributed by atoms with Gasteiger partial charge < -0.3 is 10.1 Å². The Morgan fingerprint density at radius 3 is 2.38 bits per heavy atom. The average molecular weight is 466 g/mol. The normalized spacial score (nSPS) is 14.6. The number of thiophene rings is 2. The summed E-state index contributed by atoms with van der Waals surface area (Å²) in [6, 6.07) is 11.6. The Bertz CT molecular complexity index is 1190. The molecule has 0 spiro atoms. The van der Waals surface area contributed by atoms with Crippen LogP contribution in [0.15, 0.2) is 47.2 Å². The van der Waals surface area contributed by atoms with Crippen molar-refractivity contribution in [3.05, 3.63) is 52.9 Å². The molecule has 0 saturated carbocycles. The van der Waals surface area contributed by atoms with Gasteiger partial charge in [-0.2, -0.15) is 0 Å². The molecule has 1 aliphatic rings. The van der Waals surface area contributed by atoms with E-state index in [4.69, 9.17) is 14.7 Å². The molecule has 5 heterocycles. The lowest BCUT2D eigenvalue weighted by molar-refractivity contribution is 0.0374. The molecule has 1 N–H and O–H groups in total. The molecule has 1 aliphatic heterocycles. The average Bonchev–Trinajstić information content (AvgIpc) is 3.56. The number of carbonyl (C=O) groups excluding carboxylic acids is 1. The zero-order valence-corrected chi connectivity index (χ0v) is 19.1. The summed E-state index contributed by atoms with van der Waals surface area (Å²) in [6.45, 7) is 5.05. The van der Waals surface area contributed by atoms with Crippen LogP contribution in [0.4, 0.5) is 0 Å². The summed E-state index contributed by atoms with van der Waals surface area (Å²) in [5.41, 5.74) is 3.16. The van der Waals surface area contributed by atoms with Crippen LogP contribution in [0.5, 0.6) is 0 Å². The highest BCUT2D eigenvalue weighted by atomic mass is 32.1. The topological polar surface area (TPSA) is 80.2 Å². The van der Waals surface area contributed by atoms with E-state index in [1.165, 1.54) is 0 Å². The van der Waals surface area contributed by atoms with E-state index >= 15 is 0 Å². The maximum absolute atomic E-state index is 12.7. The Labute approximate surface area is 194 Å². The number of rotatable bonds is 7. The molecule has 4 aromatic rings. The number of nitrogens with one attached hydrogen (secondary N) is 1. The molecular weight excluding hydrogens is 442 g/mol. The molecule has 0 aromatic carbocycles. The number of carbonyl (C=O) groups is 1. The number of ether oxygens (including phenoxy) is 1. The van der Waals surface area contributed by atoms with Crippen LogP contribution in [0.3, 0.4) is 0 Å². The molecule has 7 nitrogen and oxygen atoms in total. The lowest BCUT2D eigenvalue weighted by atomic mass is 10.2. The number of hydrogen-bond donors (Lipinski definition) is 1. The molecule has 1 saturated heterocycles. The standard InChI is InChI=1S/C23H23N5O2S2/c29-23(24-8-3-9-28-10-12-30-13-11-28)17-7-6-16-22(26-17)27-21(19-5-2-15-32-19)20(25-16)18-4-1-14-31-18/h1-2,4-7,14-15H,3,8-13H2,(H,24,29). The van der Waals surface area contributed by atoms with Crippen LogP contribution in [0.2, 0.25) is 0 Å². The molecule has 0 atom stereocenters. The van der Waals surface area contributed by atoms with Crippen LogP contribution >= 0.6 is 22.7 Å². The zero-order valence-electron chi connectivity index (χ0n) is 17.5. The lowest BCUT2D eigenvalue weighted by Gasteiger charge is -2.26. The summed E-state index contributed by atoms with van der Waals surface area (Å²) in [5, 5.41) is 7.03. The van der Waals surface area contributed by atoms with Gasteiger partial charge in [-0.3, -0.25) is 9.69 Å². The highest BCUT2D eigenvalue weighted by molar-refractivity contribution is 7.14. The van der Waals surface area contributed by atoms with Crippen molar-refractivity contribution < 1.29 is 9.53 Å². The van der Waals surface area contributed by atoms with E-state index in [9.17, 15) is 4.79 Å². The number of hydrogen-bond acceptors (Lipinski definition) is 8. The van der Waals surface area contributed by atoms with E-state index in [0.717, 1.165) is 60.4 Å². The Hall–Kier alpha value is -2.72. The SMILES string of the molecule is O=C(NCCCN1CCOCC1)c1ccc2nc(-c3cccs3)c(-c3cccs3)nc2n1. The summed E-state index contributed by atoms with van der Waals surface area (Å²) in [5.74, 6) is -0.185. The van der Waals surface area contributed by atoms with Crippen LogP contribution in [-0.2, 0) is 4.74 Å². The fourth-order valence-electron chi connectivity index (χ4n) is 3.66. The van der Waals surface area contributed by atoms with Gasteiger partial charge in [0.15, 0.2) is 5.65 Å². The van der Waals surface area contributed by atoms with Gasteiger partial charge in [0.25, 0.3) is 5.91 Å². The maximum atomic E-state index is 12.7. The van der Waals surface area contributed by atoms with Crippen molar-refractivity contribution in [3.8, 4) is 21.1 Å². The second-order valence-corrected chi connectivity index (χ2v) is 9.37. The fourth-order valence-corrected chi connectivity index (χ4v) is 5.09. The lowest BCUT2D eigenvalue weighted by Crippen LogP contribution is -2.38. The molecule has 0 aliphatic carbocycles. The molecule has 32 heavy (non-hydrogen) atoms. The van der Waals surface area contributed by atoms with E-state index in [0.29, 0.717) is 23.4 Å². The summed E-state index contributed by atoms with van der Waals surface area (Å²) < 4.78 is 5.37. The Morgan fingerprint density at radius 2 is 1.69 bits per heavy atom. The van der Waals surface area contributed by atoms with E-state index in [1.54, 1.807) is 28.7 Å². The van der Waals surface area contributed by atoms with Crippen LogP contribution in [0, 0.1) is 0 Å². The molecule has 0 radical (unpaired) electrons. The summed E-state index contributed by atoms with van der Waals surface area (Å²) >= 11 is 3.25. The first kappa shape index (κ1) is 21.1. The minimum Gasteiger partial charge on any atom is -0.379 e. The molecule has 0 bridgehead atoms. The molecular formula is C23H23N5O2S2. The molecule has 5 rings (SSSR count). The first-order valence-corrected chi connectivity index (χ1v) is 12.4.